The molecule has 3 nitrogen and oxygen atoms in total. The van der Waals surface area contributed by atoms with E-state index in [1.165, 1.54) is 12.0 Å². The number of rotatable bonds is 0. The third-order valence-corrected chi connectivity index (χ3v) is 8.67. The first-order valence-electron chi connectivity index (χ1n) is 10.0. The maximum Gasteiger partial charge on any atom is 0.306 e. The molecule has 25 heavy (non-hydrogen) atoms. The highest BCUT2D eigenvalue weighted by Crippen LogP contribution is 2.67. The Kier molecular flexibility index (Phi) is 3.08. The highest BCUT2D eigenvalue weighted by molar-refractivity contribution is 5.92. The summed E-state index contributed by atoms with van der Waals surface area (Å²) in [6.07, 6.45) is 13.1. The van der Waals surface area contributed by atoms with Crippen molar-refractivity contribution in [1.82, 2.24) is 0 Å². The molecular formula is C22H28O3. The van der Waals surface area contributed by atoms with Crippen LogP contribution >= 0.6 is 0 Å². The summed E-state index contributed by atoms with van der Waals surface area (Å²) in [4.78, 5) is 23.8. The standard InChI is InChI=1S/C22H28O3/c1-20-9-5-15(23)13-14(20)3-4-16-17(20)6-10-21(2)18(16)7-11-22(21)12-8-19(24)25-22/h6,13,16,18H,3-5,7-12H2,1-2H3/t16-,18+,20+,21+,22-/m1/s1. The molecule has 1 heterocycles. The third-order valence-electron chi connectivity index (χ3n) is 8.67. The quantitative estimate of drug-likeness (QED) is 0.481. The zero-order valence-corrected chi connectivity index (χ0v) is 15.4. The predicted molar refractivity (Wildman–Crippen MR) is 94.7 cm³/mol. The van der Waals surface area contributed by atoms with Gasteiger partial charge in [-0.15, -0.1) is 0 Å². The van der Waals surface area contributed by atoms with Crippen molar-refractivity contribution in [2.75, 3.05) is 0 Å². The van der Waals surface area contributed by atoms with Crippen molar-refractivity contribution in [2.24, 2.45) is 22.7 Å². The Morgan fingerprint density at radius 2 is 1.88 bits per heavy atom. The van der Waals surface area contributed by atoms with Crippen LogP contribution in [0, 0.1) is 22.7 Å². The predicted octanol–water partition coefficient (Wildman–Crippen LogP) is 4.51. The van der Waals surface area contributed by atoms with E-state index in [4.69, 9.17) is 4.74 Å². The fourth-order valence-corrected chi connectivity index (χ4v) is 7.14. The Labute approximate surface area is 149 Å². The zero-order chi connectivity index (χ0) is 17.4. The highest BCUT2D eigenvalue weighted by atomic mass is 16.6. The van der Waals surface area contributed by atoms with Gasteiger partial charge in [0.2, 0.25) is 0 Å². The minimum absolute atomic E-state index is 0.00303. The average Bonchev–Trinajstić information content (AvgIpc) is 3.10. The molecule has 0 radical (unpaired) electrons. The van der Waals surface area contributed by atoms with Gasteiger partial charge >= 0.3 is 5.97 Å². The Hall–Kier alpha value is -1.38. The van der Waals surface area contributed by atoms with Crippen molar-refractivity contribution in [2.45, 2.75) is 77.2 Å². The molecule has 0 amide bonds. The van der Waals surface area contributed by atoms with Gasteiger partial charge < -0.3 is 4.74 Å². The normalized spacial score (nSPS) is 48.4. The lowest BCUT2D eigenvalue weighted by molar-refractivity contribution is -0.160. The van der Waals surface area contributed by atoms with Crippen LogP contribution in [-0.2, 0) is 14.3 Å². The van der Waals surface area contributed by atoms with Crippen molar-refractivity contribution in [3.63, 3.8) is 0 Å². The smallest absolute Gasteiger partial charge is 0.306 e. The van der Waals surface area contributed by atoms with E-state index in [9.17, 15) is 9.59 Å². The first-order chi connectivity index (χ1) is 11.9. The van der Waals surface area contributed by atoms with Crippen molar-refractivity contribution < 1.29 is 14.3 Å². The number of hydrogen-bond acceptors (Lipinski definition) is 3. The number of ketones is 1. The molecule has 5 rings (SSSR count). The summed E-state index contributed by atoms with van der Waals surface area (Å²) in [5, 5.41) is 0. The van der Waals surface area contributed by atoms with E-state index < -0.39 is 0 Å². The second-order valence-corrected chi connectivity index (χ2v) is 9.51. The van der Waals surface area contributed by atoms with Gasteiger partial charge in [0, 0.05) is 23.7 Å². The van der Waals surface area contributed by atoms with Crippen LogP contribution in [0.4, 0.5) is 0 Å². The van der Waals surface area contributed by atoms with Gasteiger partial charge in [0.25, 0.3) is 0 Å². The van der Waals surface area contributed by atoms with Crippen LogP contribution in [0.3, 0.4) is 0 Å². The molecule has 3 heteroatoms. The summed E-state index contributed by atoms with van der Waals surface area (Å²) >= 11 is 0. The molecule has 0 aromatic carbocycles. The molecule has 2 saturated carbocycles. The Morgan fingerprint density at radius 3 is 2.64 bits per heavy atom. The molecule has 0 aromatic heterocycles. The molecule has 0 unspecified atom stereocenters. The fraction of sp³-hybridized carbons (Fsp3) is 0.727. The lowest BCUT2D eigenvalue weighted by Gasteiger charge is -2.54. The van der Waals surface area contributed by atoms with Gasteiger partial charge in [0.1, 0.15) is 5.60 Å². The summed E-state index contributed by atoms with van der Waals surface area (Å²) in [6, 6.07) is 0. The molecule has 1 aliphatic heterocycles. The van der Waals surface area contributed by atoms with E-state index >= 15 is 0 Å². The van der Waals surface area contributed by atoms with Crippen molar-refractivity contribution in [3.8, 4) is 0 Å². The van der Waals surface area contributed by atoms with Crippen molar-refractivity contribution >= 4 is 11.8 Å². The van der Waals surface area contributed by atoms with Crippen LogP contribution in [0.1, 0.15) is 71.6 Å². The van der Waals surface area contributed by atoms with E-state index in [0.717, 1.165) is 38.5 Å². The second-order valence-electron chi connectivity index (χ2n) is 9.51. The van der Waals surface area contributed by atoms with Crippen LogP contribution in [-0.4, -0.2) is 17.4 Å². The number of carbonyl (C=O) groups excluding carboxylic acids is 2. The number of carbonyl (C=O) groups is 2. The number of hydrogen-bond donors (Lipinski definition) is 0. The Balaban J connectivity index is 1.55. The van der Waals surface area contributed by atoms with Gasteiger partial charge in [0.05, 0.1) is 0 Å². The highest BCUT2D eigenvalue weighted by Gasteiger charge is 2.65. The number of ether oxygens (including phenoxy) is 1. The number of fused-ring (bicyclic) bond motifs is 6. The third kappa shape index (κ3) is 1.88. The summed E-state index contributed by atoms with van der Waals surface area (Å²) in [5.41, 5.74) is 2.95. The fourth-order valence-electron chi connectivity index (χ4n) is 7.14. The second kappa shape index (κ2) is 4.86. The average molecular weight is 340 g/mol. The van der Waals surface area contributed by atoms with Gasteiger partial charge in [-0.25, -0.2) is 0 Å². The van der Waals surface area contributed by atoms with Gasteiger partial charge in [-0.1, -0.05) is 31.1 Å². The molecule has 0 bridgehead atoms. The summed E-state index contributed by atoms with van der Waals surface area (Å²) < 4.78 is 5.98. The largest absolute Gasteiger partial charge is 0.458 e. The molecule has 0 N–H and O–H groups in total. The summed E-state index contributed by atoms with van der Waals surface area (Å²) in [7, 11) is 0. The molecule has 3 fully saturated rings. The molecule has 4 aliphatic carbocycles. The number of allylic oxidation sites excluding steroid dienone is 4. The number of esters is 1. The van der Waals surface area contributed by atoms with Crippen LogP contribution < -0.4 is 0 Å². The van der Waals surface area contributed by atoms with E-state index in [1.807, 2.05) is 6.08 Å². The van der Waals surface area contributed by atoms with Crippen LogP contribution in [0.25, 0.3) is 0 Å². The summed E-state index contributed by atoms with van der Waals surface area (Å²) in [6.45, 7) is 4.75. The topological polar surface area (TPSA) is 43.4 Å². The van der Waals surface area contributed by atoms with Gasteiger partial charge in [0.15, 0.2) is 5.78 Å². The monoisotopic (exact) mass is 340 g/mol. The van der Waals surface area contributed by atoms with E-state index in [0.29, 0.717) is 30.5 Å². The molecule has 1 saturated heterocycles. The van der Waals surface area contributed by atoms with Gasteiger partial charge in [-0.05, 0) is 62.9 Å². The Bertz CT molecular complexity index is 732. The van der Waals surface area contributed by atoms with Gasteiger partial charge in [-0.3, -0.25) is 9.59 Å². The lowest BCUT2D eigenvalue weighted by atomic mass is 9.50. The molecule has 5 atom stereocenters. The summed E-state index contributed by atoms with van der Waals surface area (Å²) in [5.74, 6) is 1.54. The molecule has 0 aromatic rings. The minimum atomic E-state index is -0.212. The molecule has 5 aliphatic rings. The van der Waals surface area contributed by atoms with Crippen LogP contribution in [0.5, 0.6) is 0 Å². The maximum absolute atomic E-state index is 11.9. The first-order valence-corrected chi connectivity index (χ1v) is 10.0. The van der Waals surface area contributed by atoms with Crippen molar-refractivity contribution in [3.05, 3.63) is 23.3 Å². The van der Waals surface area contributed by atoms with Crippen LogP contribution in [0.2, 0.25) is 0 Å². The Morgan fingerprint density at radius 1 is 1.04 bits per heavy atom. The maximum atomic E-state index is 11.9. The minimum Gasteiger partial charge on any atom is -0.458 e. The van der Waals surface area contributed by atoms with E-state index in [-0.39, 0.29) is 22.4 Å². The SMILES string of the molecule is C[C@]12CCC(=O)C=C1CC[C@@H]1C2=CC[C@@]2(C)[C@H]1CC[C@@]21CCC(=O)O1. The molecular weight excluding hydrogens is 312 g/mol. The van der Waals surface area contributed by atoms with Crippen LogP contribution in [0.15, 0.2) is 23.3 Å². The first kappa shape index (κ1) is 15.8. The molecule has 134 valence electrons. The van der Waals surface area contributed by atoms with Gasteiger partial charge in [-0.2, -0.15) is 0 Å². The zero-order valence-electron chi connectivity index (χ0n) is 15.4. The van der Waals surface area contributed by atoms with E-state index in [2.05, 4.69) is 19.9 Å². The lowest BCUT2D eigenvalue weighted by Crippen LogP contribution is -2.50. The molecule has 1 spiro atoms. The van der Waals surface area contributed by atoms with E-state index in [1.54, 1.807) is 5.57 Å². The van der Waals surface area contributed by atoms with Crippen molar-refractivity contribution in [1.29, 1.82) is 0 Å².